The Balaban J connectivity index is 2.52. The number of hydrogen-bond donors (Lipinski definition) is 2. The lowest BCUT2D eigenvalue weighted by Gasteiger charge is -2.15. The summed E-state index contributed by atoms with van der Waals surface area (Å²) in [6, 6.07) is 7.46. The summed E-state index contributed by atoms with van der Waals surface area (Å²) in [4.78, 5) is 4.46. The van der Waals surface area contributed by atoms with E-state index in [1.165, 1.54) is 0 Å². The second-order valence-corrected chi connectivity index (χ2v) is 4.52. The first kappa shape index (κ1) is 15.6. The van der Waals surface area contributed by atoms with Gasteiger partial charge in [-0.3, -0.25) is 0 Å². The Morgan fingerprint density at radius 3 is 2.47 bits per heavy atom. The van der Waals surface area contributed by atoms with E-state index in [-0.39, 0.29) is 6.10 Å². The number of nitrogens with zero attached hydrogens (tertiary/aromatic N) is 1. The minimum atomic E-state index is -0.0350. The van der Waals surface area contributed by atoms with E-state index in [4.69, 9.17) is 16.3 Å². The van der Waals surface area contributed by atoms with Gasteiger partial charge in [0.2, 0.25) is 0 Å². The average molecular weight is 284 g/mol. The maximum absolute atomic E-state index is 6.04. The van der Waals surface area contributed by atoms with Crippen molar-refractivity contribution in [3.05, 3.63) is 29.3 Å². The van der Waals surface area contributed by atoms with E-state index in [9.17, 15) is 0 Å². The van der Waals surface area contributed by atoms with Gasteiger partial charge in [0.05, 0.1) is 11.6 Å². The standard InChI is InChI=1S/C14H22ClN3O/c1-4-16-14(17-5-2)18-10-11(3)19-13-9-7-6-8-12(13)15/h6-9,11H,4-5,10H2,1-3H3,(H2,16,17,18). The fraction of sp³-hybridized carbons (Fsp3) is 0.500. The zero-order valence-electron chi connectivity index (χ0n) is 11.7. The second-order valence-electron chi connectivity index (χ2n) is 4.11. The van der Waals surface area contributed by atoms with Crippen molar-refractivity contribution in [1.82, 2.24) is 10.6 Å². The topological polar surface area (TPSA) is 45.7 Å². The molecule has 0 bridgehead atoms. The molecule has 1 atom stereocenters. The van der Waals surface area contributed by atoms with Crippen LogP contribution in [0.1, 0.15) is 20.8 Å². The van der Waals surface area contributed by atoms with Gasteiger partial charge < -0.3 is 15.4 Å². The summed E-state index contributed by atoms with van der Waals surface area (Å²) < 4.78 is 5.76. The minimum absolute atomic E-state index is 0.0350. The highest BCUT2D eigenvalue weighted by molar-refractivity contribution is 6.32. The van der Waals surface area contributed by atoms with Crippen LogP contribution in [0, 0.1) is 0 Å². The van der Waals surface area contributed by atoms with Crippen LogP contribution < -0.4 is 15.4 Å². The van der Waals surface area contributed by atoms with Gasteiger partial charge in [-0.2, -0.15) is 0 Å². The average Bonchev–Trinajstić information content (AvgIpc) is 2.39. The van der Waals surface area contributed by atoms with Gasteiger partial charge >= 0.3 is 0 Å². The Bertz CT molecular complexity index is 401. The summed E-state index contributed by atoms with van der Waals surface area (Å²) in [6.07, 6.45) is -0.0350. The van der Waals surface area contributed by atoms with Crippen molar-refractivity contribution in [1.29, 1.82) is 0 Å². The molecule has 0 fully saturated rings. The molecule has 4 nitrogen and oxygen atoms in total. The highest BCUT2D eigenvalue weighted by Crippen LogP contribution is 2.24. The predicted octanol–water partition coefficient (Wildman–Crippen LogP) is 2.68. The summed E-state index contributed by atoms with van der Waals surface area (Å²) in [7, 11) is 0. The van der Waals surface area contributed by atoms with Crippen molar-refractivity contribution in [2.24, 2.45) is 4.99 Å². The molecule has 2 N–H and O–H groups in total. The molecular formula is C14H22ClN3O. The molecule has 0 saturated carbocycles. The van der Waals surface area contributed by atoms with Crippen molar-refractivity contribution in [2.45, 2.75) is 26.9 Å². The molecule has 0 heterocycles. The molecule has 0 radical (unpaired) electrons. The highest BCUT2D eigenvalue weighted by atomic mass is 35.5. The molecule has 0 aliphatic rings. The Labute approximate surface area is 120 Å². The largest absolute Gasteiger partial charge is 0.487 e. The van der Waals surface area contributed by atoms with E-state index in [1.54, 1.807) is 0 Å². The van der Waals surface area contributed by atoms with E-state index in [0.29, 0.717) is 17.3 Å². The van der Waals surface area contributed by atoms with Gasteiger partial charge in [0.1, 0.15) is 11.9 Å². The number of benzene rings is 1. The third-order valence-corrected chi connectivity index (χ3v) is 2.67. The molecule has 1 aromatic carbocycles. The fourth-order valence-corrected chi connectivity index (χ4v) is 1.70. The van der Waals surface area contributed by atoms with Crippen LogP contribution in [0.5, 0.6) is 5.75 Å². The Kier molecular flexibility index (Phi) is 7.11. The minimum Gasteiger partial charge on any atom is -0.487 e. The van der Waals surface area contributed by atoms with Gasteiger partial charge in [-0.25, -0.2) is 4.99 Å². The number of nitrogens with one attached hydrogen (secondary N) is 2. The Hall–Kier alpha value is -1.42. The van der Waals surface area contributed by atoms with Crippen molar-refractivity contribution in [3.63, 3.8) is 0 Å². The first-order valence-electron chi connectivity index (χ1n) is 6.60. The lowest BCUT2D eigenvalue weighted by Crippen LogP contribution is -2.37. The molecule has 0 saturated heterocycles. The quantitative estimate of drug-likeness (QED) is 0.623. The highest BCUT2D eigenvalue weighted by Gasteiger charge is 2.06. The molecule has 106 valence electrons. The van der Waals surface area contributed by atoms with Crippen LogP contribution in [-0.4, -0.2) is 31.7 Å². The van der Waals surface area contributed by atoms with Crippen molar-refractivity contribution in [3.8, 4) is 5.75 Å². The third-order valence-electron chi connectivity index (χ3n) is 2.36. The number of aliphatic imine (C=N–C) groups is 1. The van der Waals surface area contributed by atoms with Crippen LogP contribution in [0.3, 0.4) is 0 Å². The maximum Gasteiger partial charge on any atom is 0.191 e. The molecule has 1 unspecified atom stereocenters. The van der Waals surface area contributed by atoms with Crippen LogP contribution >= 0.6 is 11.6 Å². The molecule has 1 rings (SSSR count). The molecule has 1 aromatic rings. The Morgan fingerprint density at radius 2 is 1.89 bits per heavy atom. The van der Waals surface area contributed by atoms with Gasteiger partial charge in [-0.05, 0) is 32.9 Å². The molecule has 0 aliphatic carbocycles. The number of rotatable bonds is 6. The number of hydrogen-bond acceptors (Lipinski definition) is 2. The Morgan fingerprint density at radius 1 is 1.26 bits per heavy atom. The summed E-state index contributed by atoms with van der Waals surface area (Å²) in [5.41, 5.74) is 0. The molecule has 0 amide bonds. The van der Waals surface area contributed by atoms with Gasteiger partial charge in [-0.1, -0.05) is 23.7 Å². The van der Waals surface area contributed by atoms with Crippen LogP contribution in [0.2, 0.25) is 5.02 Å². The SMILES string of the molecule is CCNC(=NCC(C)Oc1ccccc1Cl)NCC. The normalized spacial score (nSPS) is 11.6. The molecule has 0 aliphatic heterocycles. The summed E-state index contributed by atoms with van der Waals surface area (Å²) in [6.45, 7) is 8.30. The first-order valence-corrected chi connectivity index (χ1v) is 6.98. The molecule has 5 heteroatoms. The first-order chi connectivity index (χ1) is 9.17. The summed E-state index contributed by atoms with van der Waals surface area (Å²) in [5.74, 6) is 1.50. The van der Waals surface area contributed by atoms with Crippen LogP contribution in [0.25, 0.3) is 0 Å². The van der Waals surface area contributed by atoms with Crippen LogP contribution in [-0.2, 0) is 0 Å². The lowest BCUT2D eigenvalue weighted by molar-refractivity contribution is 0.230. The smallest absolute Gasteiger partial charge is 0.191 e. The molecule has 0 spiro atoms. The van der Waals surface area contributed by atoms with Gasteiger partial charge in [0.15, 0.2) is 5.96 Å². The second kappa shape index (κ2) is 8.64. The molecule has 19 heavy (non-hydrogen) atoms. The fourth-order valence-electron chi connectivity index (χ4n) is 1.52. The van der Waals surface area contributed by atoms with Gasteiger partial charge in [0.25, 0.3) is 0 Å². The van der Waals surface area contributed by atoms with Crippen molar-refractivity contribution in [2.75, 3.05) is 19.6 Å². The predicted molar refractivity (Wildman–Crippen MR) is 81.2 cm³/mol. The summed E-state index contributed by atoms with van der Waals surface area (Å²) >= 11 is 6.04. The van der Waals surface area contributed by atoms with Gasteiger partial charge in [-0.15, -0.1) is 0 Å². The summed E-state index contributed by atoms with van der Waals surface area (Å²) in [5, 5.41) is 6.96. The zero-order chi connectivity index (χ0) is 14.1. The monoisotopic (exact) mass is 283 g/mol. The van der Waals surface area contributed by atoms with Gasteiger partial charge in [0, 0.05) is 13.1 Å². The number of ether oxygens (including phenoxy) is 1. The van der Waals surface area contributed by atoms with Crippen LogP contribution in [0.15, 0.2) is 29.3 Å². The maximum atomic E-state index is 6.04. The van der Waals surface area contributed by atoms with E-state index in [1.807, 2.05) is 45.0 Å². The van der Waals surface area contributed by atoms with Crippen molar-refractivity contribution >= 4 is 17.6 Å². The van der Waals surface area contributed by atoms with E-state index >= 15 is 0 Å². The molecular weight excluding hydrogens is 262 g/mol. The van der Waals surface area contributed by atoms with E-state index in [0.717, 1.165) is 19.0 Å². The third kappa shape index (κ3) is 5.83. The number of halogens is 1. The number of guanidine groups is 1. The molecule has 0 aromatic heterocycles. The van der Waals surface area contributed by atoms with E-state index in [2.05, 4.69) is 15.6 Å². The lowest BCUT2D eigenvalue weighted by atomic mass is 10.3. The van der Waals surface area contributed by atoms with Crippen LogP contribution in [0.4, 0.5) is 0 Å². The number of para-hydroxylation sites is 1. The van der Waals surface area contributed by atoms with Crippen molar-refractivity contribution < 1.29 is 4.74 Å². The van der Waals surface area contributed by atoms with E-state index < -0.39 is 0 Å². The zero-order valence-corrected chi connectivity index (χ0v) is 12.5.